The number of amides is 1. The number of alkyl halides is 1. The molecular formula is C10H10BrCl2NO. The van der Waals surface area contributed by atoms with Crippen LogP contribution in [0.3, 0.4) is 0 Å². The van der Waals surface area contributed by atoms with Crippen molar-refractivity contribution < 1.29 is 4.79 Å². The highest BCUT2D eigenvalue weighted by Gasteiger charge is 2.10. The van der Waals surface area contributed by atoms with E-state index in [9.17, 15) is 4.79 Å². The van der Waals surface area contributed by atoms with Gasteiger partial charge in [-0.1, -0.05) is 11.6 Å². The lowest BCUT2D eigenvalue weighted by Crippen LogP contribution is -2.28. The Labute approximate surface area is 107 Å². The maximum absolute atomic E-state index is 11.7. The minimum Gasteiger partial charge on any atom is -0.351 e. The van der Waals surface area contributed by atoms with E-state index in [1.165, 1.54) is 0 Å². The molecule has 1 aromatic carbocycles. The van der Waals surface area contributed by atoms with Crippen LogP contribution in [0, 0.1) is 0 Å². The van der Waals surface area contributed by atoms with Gasteiger partial charge < -0.3 is 5.32 Å². The average Bonchev–Trinajstić information content (AvgIpc) is 2.18. The van der Waals surface area contributed by atoms with Crippen LogP contribution in [0.5, 0.6) is 0 Å². The zero-order valence-electron chi connectivity index (χ0n) is 8.06. The Morgan fingerprint density at radius 1 is 1.60 bits per heavy atom. The van der Waals surface area contributed by atoms with Gasteiger partial charge in [0.1, 0.15) is 0 Å². The molecule has 1 unspecified atom stereocenters. The molecule has 0 fully saturated rings. The molecule has 2 nitrogen and oxygen atoms in total. The minimum absolute atomic E-state index is 0.0908. The summed E-state index contributed by atoms with van der Waals surface area (Å²) in [4.78, 5) is 11.7. The maximum atomic E-state index is 11.7. The zero-order valence-corrected chi connectivity index (χ0v) is 11.2. The number of rotatable bonds is 3. The molecule has 1 rings (SSSR count). The Kier molecular flexibility index (Phi) is 4.90. The van der Waals surface area contributed by atoms with Crippen LogP contribution in [0.4, 0.5) is 0 Å². The van der Waals surface area contributed by atoms with E-state index in [2.05, 4.69) is 21.2 Å². The van der Waals surface area contributed by atoms with Crippen LogP contribution in [0.15, 0.2) is 22.7 Å². The third kappa shape index (κ3) is 4.01. The van der Waals surface area contributed by atoms with Gasteiger partial charge in [0.2, 0.25) is 0 Å². The monoisotopic (exact) mass is 309 g/mol. The predicted molar refractivity (Wildman–Crippen MR) is 66.8 cm³/mol. The van der Waals surface area contributed by atoms with Crippen LogP contribution in [-0.2, 0) is 0 Å². The third-order valence-corrected chi connectivity index (χ3v) is 2.80. The molecule has 0 aromatic heterocycles. The second kappa shape index (κ2) is 5.73. The highest BCUT2D eigenvalue weighted by atomic mass is 79.9. The summed E-state index contributed by atoms with van der Waals surface area (Å²) < 4.78 is 0.714. The number of hydrogen-bond acceptors (Lipinski definition) is 1. The Morgan fingerprint density at radius 3 is 2.87 bits per heavy atom. The molecule has 0 spiro atoms. The lowest BCUT2D eigenvalue weighted by atomic mass is 10.2. The van der Waals surface area contributed by atoms with Gasteiger partial charge in [0.15, 0.2) is 0 Å². The van der Waals surface area contributed by atoms with Gasteiger partial charge in [-0.3, -0.25) is 4.79 Å². The molecule has 0 saturated carbocycles. The first-order valence-corrected chi connectivity index (χ1v) is 5.98. The number of benzene rings is 1. The van der Waals surface area contributed by atoms with E-state index >= 15 is 0 Å². The van der Waals surface area contributed by atoms with Crippen molar-refractivity contribution in [3.05, 3.63) is 33.3 Å². The Hall–Kier alpha value is -0.250. The summed E-state index contributed by atoms with van der Waals surface area (Å²) in [5.74, 6) is -0.183. The van der Waals surface area contributed by atoms with E-state index in [0.717, 1.165) is 0 Å². The van der Waals surface area contributed by atoms with Gasteiger partial charge >= 0.3 is 0 Å². The summed E-state index contributed by atoms with van der Waals surface area (Å²) in [5, 5.41) is 3.15. The molecule has 1 amide bonds. The summed E-state index contributed by atoms with van der Waals surface area (Å²) in [6.45, 7) is 2.24. The van der Waals surface area contributed by atoms with E-state index in [-0.39, 0.29) is 11.3 Å². The van der Waals surface area contributed by atoms with Crippen molar-refractivity contribution in [2.75, 3.05) is 6.54 Å². The topological polar surface area (TPSA) is 29.1 Å². The van der Waals surface area contributed by atoms with Crippen LogP contribution in [0.1, 0.15) is 17.3 Å². The van der Waals surface area contributed by atoms with Crippen molar-refractivity contribution in [1.29, 1.82) is 0 Å². The predicted octanol–water partition coefficient (Wildman–Crippen LogP) is 3.46. The van der Waals surface area contributed by atoms with Gasteiger partial charge in [0, 0.05) is 21.4 Å². The molecule has 0 aliphatic heterocycles. The summed E-state index contributed by atoms with van der Waals surface area (Å²) >= 11 is 14.8. The lowest BCUT2D eigenvalue weighted by molar-refractivity contribution is 0.0953. The fourth-order valence-electron chi connectivity index (χ4n) is 1.00. The first kappa shape index (κ1) is 12.8. The Bertz CT molecular complexity index is 368. The van der Waals surface area contributed by atoms with Gasteiger partial charge in [0.25, 0.3) is 5.91 Å². The van der Waals surface area contributed by atoms with Gasteiger partial charge in [-0.15, -0.1) is 11.6 Å². The Balaban J connectivity index is 2.77. The molecule has 1 N–H and O–H groups in total. The van der Waals surface area contributed by atoms with Crippen LogP contribution in [-0.4, -0.2) is 17.8 Å². The van der Waals surface area contributed by atoms with Crippen LogP contribution in [0.2, 0.25) is 5.02 Å². The average molecular weight is 311 g/mol. The molecule has 5 heteroatoms. The van der Waals surface area contributed by atoms with Crippen molar-refractivity contribution in [1.82, 2.24) is 5.32 Å². The van der Waals surface area contributed by atoms with Gasteiger partial charge in [-0.25, -0.2) is 0 Å². The summed E-state index contributed by atoms with van der Waals surface area (Å²) in [5.41, 5.74) is 0.514. The zero-order chi connectivity index (χ0) is 11.4. The molecule has 0 radical (unpaired) electrons. The molecular weight excluding hydrogens is 301 g/mol. The number of halogens is 3. The molecule has 15 heavy (non-hydrogen) atoms. The highest BCUT2D eigenvalue weighted by molar-refractivity contribution is 9.10. The van der Waals surface area contributed by atoms with E-state index in [4.69, 9.17) is 23.2 Å². The fraction of sp³-hybridized carbons (Fsp3) is 0.300. The number of nitrogens with one attached hydrogen (secondary N) is 1. The molecule has 0 saturated heterocycles. The van der Waals surface area contributed by atoms with Gasteiger partial charge in [-0.05, 0) is 41.1 Å². The van der Waals surface area contributed by atoms with Crippen molar-refractivity contribution in [3.63, 3.8) is 0 Å². The van der Waals surface area contributed by atoms with Crippen LogP contribution >= 0.6 is 39.1 Å². The summed E-state index contributed by atoms with van der Waals surface area (Å²) in [7, 11) is 0. The van der Waals surface area contributed by atoms with Gasteiger partial charge in [-0.2, -0.15) is 0 Å². The Morgan fingerprint density at radius 2 is 2.27 bits per heavy atom. The second-order valence-electron chi connectivity index (χ2n) is 3.11. The van der Waals surface area contributed by atoms with Crippen LogP contribution in [0.25, 0.3) is 0 Å². The minimum atomic E-state index is -0.183. The molecule has 82 valence electrons. The number of carbonyl (C=O) groups is 1. The largest absolute Gasteiger partial charge is 0.351 e. The molecule has 0 bridgehead atoms. The molecule has 0 heterocycles. The van der Waals surface area contributed by atoms with Crippen molar-refractivity contribution in [2.24, 2.45) is 0 Å². The summed E-state index contributed by atoms with van der Waals surface area (Å²) in [6, 6.07) is 5.06. The van der Waals surface area contributed by atoms with E-state index < -0.39 is 0 Å². The van der Waals surface area contributed by atoms with Crippen molar-refractivity contribution >= 4 is 45.0 Å². The maximum Gasteiger partial charge on any atom is 0.252 e. The first-order valence-electron chi connectivity index (χ1n) is 4.38. The van der Waals surface area contributed by atoms with Gasteiger partial charge in [0.05, 0.1) is 5.56 Å². The molecule has 1 atom stereocenters. The SMILES string of the molecule is CC(Cl)CNC(=O)c1cc(Cl)ccc1Br. The number of carbonyl (C=O) groups excluding carboxylic acids is 1. The highest BCUT2D eigenvalue weighted by Crippen LogP contribution is 2.20. The van der Waals surface area contributed by atoms with Crippen molar-refractivity contribution in [2.45, 2.75) is 12.3 Å². The fourth-order valence-corrected chi connectivity index (χ4v) is 1.68. The molecule has 0 aliphatic carbocycles. The standard InChI is InChI=1S/C10H10BrCl2NO/c1-6(12)5-14-10(15)8-4-7(13)2-3-9(8)11/h2-4,6H,5H2,1H3,(H,14,15). The molecule has 1 aromatic rings. The quantitative estimate of drug-likeness (QED) is 0.851. The number of hydrogen-bond donors (Lipinski definition) is 1. The normalized spacial score (nSPS) is 12.3. The van der Waals surface area contributed by atoms with Crippen molar-refractivity contribution in [3.8, 4) is 0 Å². The van der Waals surface area contributed by atoms with E-state index in [0.29, 0.717) is 21.6 Å². The van der Waals surface area contributed by atoms with E-state index in [1.54, 1.807) is 18.2 Å². The third-order valence-electron chi connectivity index (χ3n) is 1.72. The second-order valence-corrected chi connectivity index (χ2v) is 5.15. The lowest BCUT2D eigenvalue weighted by Gasteiger charge is -2.08. The first-order chi connectivity index (χ1) is 7.00. The van der Waals surface area contributed by atoms with E-state index in [1.807, 2.05) is 6.92 Å². The summed E-state index contributed by atoms with van der Waals surface area (Å²) in [6.07, 6.45) is 0. The molecule has 0 aliphatic rings. The van der Waals surface area contributed by atoms with Crippen LogP contribution < -0.4 is 5.32 Å². The smallest absolute Gasteiger partial charge is 0.252 e.